The Hall–Kier alpha value is -1.01. The van der Waals surface area contributed by atoms with Gasteiger partial charge in [-0.1, -0.05) is 34.1 Å². The zero-order valence-corrected chi connectivity index (χ0v) is 35.6. The van der Waals surface area contributed by atoms with E-state index < -0.39 is 95.5 Å². The Bertz CT molecular complexity index is 1190. The summed E-state index contributed by atoms with van der Waals surface area (Å²) in [6.45, 7) is 20.0. The number of aliphatic hydroxyl groups excluding tert-OH is 2. The van der Waals surface area contributed by atoms with E-state index in [-0.39, 0.29) is 37.3 Å². The highest BCUT2D eigenvalue weighted by molar-refractivity contribution is 5.73. The smallest absolute Gasteiger partial charge is 0.311 e. The highest BCUT2D eigenvalue weighted by Gasteiger charge is 2.58. The Morgan fingerprint density at radius 3 is 2.13 bits per heavy atom. The first-order valence-electron chi connectivity index (χ1n) is 20.2. The summed E-state index contributed by atoms with van der Waals surface area (Å²) in [7, 11) is 5.32. The van der Waals surface area contributed by atoms with Gasteiger partial charge in [-0.15, -0.1) is 0 Å². The van der Waals surface area contributed by atoms with Crippen LogP contribution in [-0.2, 0) is 33.2 Å². The van der Waals surface area contributed by atoms with Crippen molar-refractivity contribution in [1.82, 2.24) is 10.2 Å². The molecule has 0 saturated carbocycles. The molecule has 0 amide bonds. The fraction of sp³-hybridized carbons (Fsp3) is 0.975. The first-order chi connectivity index (χ1) is 24.9. The van der Waals surface area contributed by atoms with Crippen LogP contribution < -0.4 is 5.32 Å². The van der Waals surface area contributed by atoms with E-state index in [2.05, 4.69) is 5.32 Å². The molecule has 0 bridgehead atoms. The normalized spacial score (nSPS) is 49.2. The molecule has 3 heterocycles. The molecule has 3 saturated heterocycles. The molecule has 54 heavy (non-hydrogen) atoms. The predicted molar refractivity (Wildman–Crippen MR) is 203 cm³/mol. The Morgan fingerprint density at radius 1 is 0.944 bits per heavy atom. The van der Waals surface area contributed by atoms with Crippen molar-refractivity contribution in [2.75, 3.05) is 27.7 Å². The molecule has 3 aliphatic rings. The molecule has 318 valence electrons. The Morgan fingerprint density at radius 2 is 1.57 bits per heavy atom. The van der Waals surface area contributed by atoms with Crippen LogP contribution in [0.2, 0.25) is 0 Å². The third-order valence-corrected chi connectivity index (χ3v) is 12.8. The summed E-state index contributed by atoms with van der Waals surface area (Å²) in [6.07, 6.45) is -6.26. The van der Waals surface area contributed by atoms with Crippen LogP contribution in [0.3, 0.4) is 0 Å². The van der Waals surface area contributed by atoms with Crippen LogP contribution in [0.1, 0.15) is 115 Å². The van der Waals surface area contributed by atoms with Gasteiger partial charge >= 0.3 is 5.97 Å². The van der Waals surface area contributed by atoms with Gasteiger partial charge in [0.1, 0.15) is 35.1 Å². The molecule has 0 aromatic carbocycles. The van der Waals surface area contributed by atoms with Crippen LogP contribution in [0.4, 0.5) is 0 Å². The van der Waals surface area contributed by atoms with Crippen molar-refractivity contribution >= 4 is 5.97 Å². The number of rotatable bonds is 9. The van der Waals surface area contributed by atoms with Gasteiger partial charge < -0.3 is 64.2 Å². The third-order valence-electron chi connectivity index (χ3n) is 12.8. The highest BCUT2D eigenvalue weighted by atomic mass is 16.7. The van der Waals surface area contributed by atoms with E-state index in [4.69, 9.17) is 28.4 Å². The molecular formula is C40H76N2O12. The second-order valence-electron chi connectivity index (χ2n) is 17.8. The molecule has 3 rings (SSSR count). The second-order valence-corrected chi connectivity index (χ2v) is 17.8. The molecule has 14 nitrogen and oxygen atoms in total. The van der Waals surface area contributed by atoms with Gasteiger partial charge in [-0.05, 0) is 101 Å². The van der Waals surface area contributed by atoms with Crippen LogP contribution in [0.15, 0.2) is 0 Å². The SMILES string of the molecule is CCC[C@@]1(O)[C@H](C)O[C@@H](O[C@H]2[C@H](C)[C@@H](O[C@@H]3O[C@H](C)C[C@H](N(C)C)[C@H]3O)[C@](C)(O)C[C@@H](C)CN[C@H](C)[C@@H](O)[C@](C)(O)[C@@H](CC)OC(=O)[C@@H]2C)C[C@@]1(C)OC. The summed E-state index contributed by atoms with van der Waals surface area (Å²) in [6, 6.07) is -0.866. The van der Waals surface area contributed by atoms with Gasteiger partial charge in [0.2, 0.25) is 0 Å². The number of cyclic esters (lactones) is 1. The van der Waals surface area contributed by atoms with Crippen molar-refractivity contribution in [3.05, 3.63) is 0 Å². The van der Waals surface area contributed by atoms with E-state index >= 15 is 0 Å². The van der Waals surface area contributed by atoms with Gasteiger partial charge in [0.25, 0.3) is 0 Å². The summed E-state index contributed by atoms with van der Waals surface area (Å²) in [5, 5.41) is 62.2. The Labute approximate surface area is 324 Å². The minimum Gasteiger partial charge on any atom is -0.459 e. The van der Waals surface area contributed by atoms with Gasteiger partial charge in [-0.3, -0.25) is 4.79 Å². The molecule has 0 spiro atoms. The van der Waals surface area contributed by atoms with Crippen LogP contribution in [-0.4, -0.2) is 154 Å². The van der Waals surface area contributed by atoms with E-state index in [0.717, 1.165) is 0 Å². The average molecular weight is 777 g/mol. The number of carbonyl (C=O) groups is 1. The molecule has 0 radical (unpaired) electrons. The number of likely N-dealkylation sites (N-methyl/N-ethyl adjacent to an activating group) is 1. The van der Waals surface area contributed by atoms with Crippen molar-refractivity contribution in [2.24, 2.45) is 17.8 Å². The van der Waals surface area contributed by atoms with Crippen molar-refractivity contribution in [3.63, 3.8) is 0 Å². The number of ether oxygens (including phenoxy) is 6. The van der Waals surface area contributed by atoms with E-state index in [9.17, 15) is 30.3 Å². The van der Waals surface area contributed by atoms with Crippen molar-refractivity contribution in [1.29, 1.82) is 0 Å². The summed E-state index contributed by atoms with van der Waals surface area (Å²) in [5.74, 6) is -2.62. The first-order valence-corrected chi connectivity index (χ1v) is 20.2. The lowest BCUT2D eigenvalue weighted by Gasteiger charge is -2.53. The number of esters is 1. The van der Waals surface area contributed by atoms with Crippen LogP contribution in [0.25, 0.3) is 0 Å². The van der Waals surface area contributed by atoms with Gasteiger partial charge in [-0.25, -0.2) is 0 Å². The molecule has 14 heteroatoms. The summed E-state index contributed by atoms with van der Waals surface area (Å²) in [4.78, 5) is 16.2. The maximum absolute atomic E-state index is 14.3. The minimum absolute atomic E-state index is 0.128. The van der Waals surface area contributed by atoms with E-state index in [0.29, 0.717) is 25.8 Å². The predicted octanol–water partition coefficient (Wildman–Crippen LogP) is 2.73. The van der Waals surface area contributed by atoms with Crippen LogP contribution >= 0.6 is 0 Å². The minimum atomic E-state index is -1.81. The molecule has 0 aromatic rings. The zero-order chi connectivity index (χ0) is 41.1. The molecule has 0 aromatic heterocycles. The average Bonchev–Trinajstić information content (AvgIpc) is 3.09. The molecule has 18 atom stereocenters. The number of methoxy groups -OCH3 is 1. The highest BCUT2D eigenvalue weighted by Crippen LogP contribution is 2.45. The Kier molecular flexibility index (Phi) is 16.4. The fourth-order valence-corrected chi connectivity index (χ4v) is 9.27. The number of carbonyl (C=O) groups excluding carboxylic acids is 1. The third kappa shape index (κ3) is 10.2. The van der Waals surface area contributed by atoms with Crippen molar-refractivity contribution < 1.29 is 58.7 Å². The van der Waals surface area contributed by atoms with E-state index in [1.54, 1.807) is 41.7 Å². The molecule has 3 aliphatic heterocycles. The van der Waals surface area contributed by atoms with Crippen LogP contribution in [0, 0.1) is 17.8 Å². The van der Waals surface area contributed by atoms with Gasteiger partial charge in [0, 0.05) is 31.5 Å². The molecule has 3 fully saturated rings. The molecular weight excluding hydrogens is 700 g/mol. The number of hydrogen-bond acceptors (Lipinski definition) is 14. The van der Waals surface area contributed by atoms with E-state index in [1.165, 1.54) is 6.92 Å². The van der Waals surface area contributed by atoms with Crippen molar-refractivity contribution in [2.45, 2.75) is 204 Å². The summed E-state index contributed by atoms with van der Waals surface area (Å²) >= 11 is 0. The standard InChI is InChI=1S/C40H76N2O12/c1-15-17-40(48)27(8)51-30(20-38(40,10)49-14)53-32-24(5)34(54-36-31(43)28(42(12)13)18-23(4)50-36)37(9,46)19-22(3)21-41-26(7)33(44)39(11,47)29(16-2)52-35(45)25(32)6/h22-34,36,41,43-44,46-48H,15-21H2,1-14H3/t22-,23-,24+,25-,26-,27+,28+,29-,30+,31-,32+,33-,34-,36+,37-,38-,39-,40-/m1/s1. The monoisotopic (exact) mass is 777 g/mol. The molecule has 0 aliphatic carbocycles. The zero-order valence-electron chi connectivity index (χ0n) is 35.6. The quantitative estimate of drug-likeness (QED) is 0.188. The lowest BCUT2D eigenvalue weighted by atomic mass is 9.73. The first kappa shape index (κ1) is 47.4. The molecule has 6 N–H and O–H groups in total. The lowest BCUT2D eigenvalue weighted by Crippen LogP contribution is -2.66. The second kappa shape index (κ2) is 18.7. The summed E-state index contributed by atoms with van der Waals surface area (Å²) in [5.41, 5.74) is -5.76. The maximum Gasteiger partial charge on any atom is 0.311 e. The lowest BCUT2D eigenvalue weighted by molar-refractivity contribution is -0.338. The van der Waals surface area contributed by atoms with Crippen LogP contribution in [0.5, 0.6) is 0 Å². The summed E-state index contributed by atoms with van der Waals surface area (Å²) < 4.78 is 38.1. The number of nitrogens with one attached hydrogen (secondary N) is 1. The van der Waals surface area contributed by atoms with Gasteiger partial charge in [-0.2, -0.15) is 0 Å². The maximum atomic E-state index is 14.3. The Balaban J connectivity index is 2.17. The van der Waals surface area contributed by atoms with E-state index in [1.807, 2.05) is 53.6 Å². The van der Waals surface area contributed by atoms with Gasteiger partial charge in [0.05, 0.1) is 35.9 Å². The number of nitrogens with zero attached hydrogens (tertiary/aromatic N) is 1. The topological polar surface area (TPSA) is 189 Å². The molecule has 0 unspecified atom stereocenters. The number of hydrogen-bond donors (Lipinski definition) is 6. The fourth-order valence-electron chi connectivity index (χ4n) is 9.27. The van der Waals surface area contributed by atoms with Gasteiger partial charge in [0.15, 0.2) is 12.6 Å². The largest absolute Gasteiger partial charge is 0.459 e. The number of aliphatic hydroxyl groups is 5. The van der Waals surface area contributed by atoms with Crippen molar-refractivity contribution in [3.8, 4) is 0 Å².